The molecule has 0 aromatic rings. The van der Waals surface area contributed by atoms with Crippen molar-refractivity contribution in [2.45, 2.75) is 32.2 Å². The van der Waals surface area contributed by atoms with Gasteiger partial charge in [-0.25, -0.2) is 0 Å². The van der Waals surface area contributed by atoms with E-state index < -0.39 is 12.0 Å². The van der Waals surface area contributed by atoms with Gasteiger partial charge in [0.25, 0.3) is 0 Å². The number of rotatable bonds is 3. The second-order valence-corrected chi connectivity index (χ2v) is 3.62. The van der Waals surface area contributed by atoms with Crippen LogP contribution in [0.25, 0.3) is 0 Å². The highest BCUT2D eigenvalue weighted by Crippen LogP contribution is 2.35. The third-order valence-electron chi connectivity index (χ3n) is 2.38. The predicted molar refractivity (Wildman–Crippen MR) is 42.1 cm³/mol. The highest BCUT2D eigenvalue weighted by atomic mass is 16.4. The van der Waals surface area contributed by atoms with Crippen LogP contribution in [0, 0.1) is 11.8 Å². The van der Waals surface area contributed by atoms with Gasteiger partial charge < -0.3 is 10.8 Å². The standard InChI is InChI=1S/C8H15NO2/c1-5-2-6(3-5)4-7(9)8(10)11/h5-7H,2-4,9H2,1H3,(H,10,11). The maximum Gasteiger partial charge on any atom is 0.320 e. The smallest absolute Gasteiger partial charge is 0.320 e. The molecule has 11 heavy (non-hydrogen) atoms. The first-order chi connectivity index (χ1) is 5.09. The van der Waals surface area contributed by atoms with E-state index in [0.717, 1.165) is 18.8 Å². The minimum atomic E-state index is -0.871. The molecular formula is C8H15NO2. The number of carboxylic acid groups (broad SMARTS) is 1. The van der Waals surface area contributed by atoms with Crippen molar-refractivity contribution in [3.63, 3.8) is 0 Å². The quantitative estimate of drug-likeness (QED) is 0.638. The fourth-order valence-electron chi connectivity index (χ4n) is 1.72. The molecule has 3 N–H and O–H groups in total. The molecule has 1 aliphatic carbocycles. The summed E-state index contributed by atoms with van der Waals surface area (Å²) in [6.07, 6.45) is 2.96. The normalized spacial score (nSPS) is 32.5. The van der Waals surface area contributed by atoms with Crippen molar-refractivity contribution in [1.29, 1.82) is 0 Å². The molecule has 64 valence electrons. The van der Waals surface area contributed by atoms with E-state index in [-0.39, 0.29) is 0 Å². The van der Waals surface area contributed by atoms with Gasteiger partial charge in [-0.1, -0.05) is 6.92 Å². The lowest BCUT2D eigenvalue weighted by molar-refractivity contribution is -0.139. The van der Waals surface area contributed by atoms with Crippen molar-refractivity contribution in [1.82, 2.24) is 0 Å². The van der Waals surface area contributed by atoms with E-state index in [4.69, 9.17) is 10.8 Å². The second-order valence-electron chi connectivity index (χ2n) is 3.62. The number of nitrogens with two attached hydrogens (primary N) is 1. The number of hydrogen-bond donors (Lipinski definition) is 2. The van der Waals surface area contributed by atoms with Gasteiger partial charge >= 0.3 is 5.97 Å². The molecule has 0 aromatic heterocycles. The summed E-state index contributed by atoms with van der Waals surface area (Å²) in [4.78, 5) is 10.3. The lowest BCUT2D eigenvalue weighted by atomic mass is 9.73. The van der Waals surface area contributed by atoms with Crippen molar-refractivity contribution >= 4 is 5.97 Å². The third kappa shape index (κ3) is 2.19. The number of carboxylic acids is 1. The summed E-state index contributed by atoms with van der Waals surface area (Å²) in [5.41, 5.74) is 5.37. The van der Waals surface area contributed by atoms with Crippen molar-refractivity contribution in [3.8, 4) is 0 Å². The van der Waals surface area contributed by atoms with Crippen LogP contribution in [0.1, 0.15) is 26.2 Å². The van der Waals surface area contributed by atoms with Crippen LogP contribution in [0.15, 0.2) is 0 Å². The van der Waals surface area contributed by atoms with E-state index in [2.05, 4.69) is 6.92 Å². The Morgan fingerprint density at radius 1 is 1.73 bits per heavy atom. The van der Waals surface area contributed by atoms with Gasteiger partial charge in [0.05, 0.1) is 0 Å². The Morgan fingerprint density at radius 2 is 2.27 bits per heavy atom. The molecule has 1 atom stereocenters. The van der Waals surface area contributed by atoms with E-state index in [0.29, 0.717) is 12.3 Å². The summed E-state index contributed by atoms with van der Waals surface area (Å²) in [7, 11) is 0. The van der Waals surface area contributed by atoms with Crippen LogP contribution < -0.4 is 5.73 Å². The molecule has 3 heteroatoms. The Balaban J connectivity index is 2.16. The second kappa shape index (κ2) is 3.22. The van der Waals surface area contributed by atoms with Gasteiger partial charge in [0, 0.05) is 0 Å². The van der Waals surface area contributed by atoms with Crippen LogP contribution in [-0.4, -0.2) is 17.1 Å². The molecule has 0 bridgehead atoms. The van der Waals surface area contributed by atoms with Crippen LogP contribution in [0.3, 0.4) is 0 Å². The molecule has 0 spiro atoms. The van der Waals surface area contributed by atoms with Crippen LogP contribution in [0.5, 0.6) is 0 Å². The third-order valence-corrected chi connectivity index (χ3v) is 2.38. The van der Waals surface area contributed by atoms with Gasteiger partial charge in [0.2, 0.25) is 0 Å². The highest BCUT2D eigenvalue weighted by molar-refractivity contribution is 5.73. The number of carbonyl (C=O) groups is 1. The Labute approximate surface area is 66.6 Å². The molecule has 3 nitrogen and oxygen atoms in total. The van der Waals surface area contributed by atoms with Gasteiger partial charge in [-0.2, -0.15) is 0 Å². The summed E-state index contributed by atoms with van der Waals surface area (Å²) < 4.78 is 0. The Hall–Kier alpha value is -0.570. The Kier molecular flexibility index (Phi) is 2.49. The summed E-state index contributed by atoms with van der Waals surface area (Å²) in [6, 6.07) is -0.646. The molecule has 1 fully saturated rings. The molecule has 0 radical (unpaired) electrons. The van der Waals surface area contributed by atoms with E-state index in [1.807, 2.05) is 0 Å². The van der Waals surface area contributed by atoms with Crippen molar-refractivity contribution in [3.05, 3.63) is 0 Å². The fourth-order valence-corrected chi connectivity index (χ4v) is 1.72. The first-order valence-corrected chi connectivity index (χ1v) is 4.08. The topological polar surface area (TPSA) is 63.3 Å². The van der Waals surface area contributed by atoms with Crippen molar-refractivity contribution in [2.75, 3.05) is 0 Å². The predicted octanol–water partition coefficient (Wildman–Crippen LogP) is 0.834. The Morgan fingerprint density at radius 3 is 2.64 bits per heavy atom. The zero-order valence-electron chi connectivity index (χ0n) is 6.79. The first kappa shape index (κ1) is 8.53. The molecule has 0 aliphatic heterocycles. The van der Waals surface area contributed by atoms with Crippen LogP contribution in [0.4, 0.5) is 0 Å². The molecule has 0 saturated heterocycles. The zero-order chi connectivity index (χ0) is 8.43. The average molecular weight is 157 g/mol. The molecule has 1 unspecified atom stereocenters. The summed E-state index contributed by atoms with van der Waals surface area (Å²) >= 11 is 0. The lowest BCUT2D eigenvalue weighted by Gasteiger charge is -2.33. The maximum atomic E-state index is 10.3. The van der Waals surface area contributed by atoms with Gasteiger partial charge in [0.1, 0.15) is 6.04 Å². The monoisotopic (exact) mass is 157 g/mol. The number of hydrogen-bond acceptors (Lipinski definition) is 2. The van der Waals surface area contributed by atoms with Crippen molar-refractivity contribution in [2.24, 2.45) is 17.6 Å². The fraction of sp³-hybridized carbons (Fsp3) is 0.875. The van der Waals surface area contributed by atoms with Crippen molar-refractivity contribution < 1.29 is 9.90 Å². The summed E-state index contributed by atoms with van der Waals surface area (Å²) in [5, 5.41) is 8.49. The number of aliphatic carboxylic acids is 1. The Bertz CT molecular complexity index is 152. The molecule has 0 amide bonds. The minimum Gasteiger partial charge on any atom is -0.480 e. The molecular weight excluding hydrogens is 142 g/mol. The highest BCUT2D eigenvalue weighted by Gasteiger charge is 2.28. The zero-order valence-corrected chi connectivity index (χ0v) is 6.79. The summed E-state index contributed by atoms with van der Waals surface area (Å²) in [5.74, 6) is 0.474. The molecule has 0 aromatic carbocycles. The van der Waals surface area contributed by atoms with Gasteiger partial charge in [0.15, 0.2) is 0 Å². The minimum absolute atomic E-state index is 0.566. The van der Waals surface area contributed by atoms with Crippen LogP contribution >= 0.6 is 0 Å². The molecule has 1 rings (SSSR count). The van der Waals surface area contributed by atoms with Gasteiger partial charge in [-0.05, 0) is 31.1 Å². The van der Waals surface area contributed by atoms with E-state index in [1.165, 1.54) is 0 Å². The van der Waals surface area contributed by atoms with E-state index >= 15 is 0 Å². The lowest BCUT2D eigenvalue weighted by Crippen LogP contribution is -2.35. The molecule has 1 saturated carbocycles. The SMILES string of the molecule is CC1CC(CC(N)C(=O)O)C1. The van der Waals surface area contributed by atoms with E-state index in [9.17, 15) is 4.79 Å². The largest absolute Gasteiger partial charge is 0.480 e. The van der Waals surface area contributed by atoms with Gasteiger partial charge in [-0.3, -0.25) is 4.79 Å². The average Bonchev–Trinajstić information content (AvgIpc) is 1.84. The van der Waals surface area contributed by atoms with Crippen LogP contribution in [-0.2, 0) is 4.79 Å². The molecule has 1 aliphatic rings. The van der Waals surface area contributed by atoms with Crippen LogP contribution in [0.2, 0.25) is 0 Å². The maximum absolute atomic E-state index is 10.3. The summed E-state index contributed by atoms with van der Waals surface area (Å²) in [6.45, 7) is 2.18. The molecule has 0 heterocycles. The van der Waals surface area contributed by atoms with E-state index in [1.54, 1.807) is 0 Å². The first-order valence-electron chi connectivity index (χ1n) is 4.08. The van der Waals surface area contributed by atoms with Gasteiger partial charge in [-0.15, -0.1) is 0 Å².